The second-order valence-electron chi connectivity index (χ2n) is 4.26. The van der Waals surface area contributed by atoms with Crippen LogP contribution in [0.15, 0.2) is 24.4 Å². The summed E-state index contributed by atoms with van der Waals surface area (Å²) >= 11 is 0. The SMILES string of the molecule is CN(C1CCC1)C(CN)c1ccccn1. The van der Waals surface area contributed by atoms with Gasteiger partial charge >= 0.3 is 0 Å². The van der Waals surface area contributed by atoms with E-state index in [4.69, 9.17) is 5.73 Å². The van der Waals surface area contributed by atoms with Crippen LogP contribution in [0.2, 0.25) is 0 Å². The molecule has 2 rings (SSSR count). The normalized spacial score (nSPS) is 18.9. The summed E-state index contributed by atoms with van der Waals surface area (Å²) in [6.07, 6.45) is 5.81. The summed E-state index contributed by atoms with van der Waals surface area (Å²) in [5, 5.41) is 0. The quantitative estimate of drug-likeness (QED) is 0.811. The van der Waals surface area contributed by atoms with E-state index in [1.165, 1.54) is 19.3 Å². The molecule has 0 aromatic carbocycles. The van der Waals surface area contributed by atoms with Gasteiger partial charge in [0, 0.05) is 18.8 Å². The van der Waals surface area contributed by atoms with Gasteiger partial charge in [-0.25, -0.2) is 0 Å². The highest BCUT2D eigenvalue weighted by Gasteiger charge is 2.28. The lowest BCUT2D eigenvalue weighted by Crippen LogP contribution is -2.42. The molecule has 2 N–H and O–H groups in total. The van der Waals surface area contributed by atoms with Gasteiger partial charge in [-0.05, 0) is 32.0 Å². The highest BCUT2D eigenvalue weighted by Crippen LogP contribution is 2.29. The molecule has 0 bridgehead atoms. The van der Waals surface area contributed by atoms with E-state index in [1.54, 1.807) is 0 Å². The molecule has 1 aliphatic rings. The van der Waals surface area contributed by atoms with Gasteiger partial charge in [0.05, 0.1) is 11.7 Å². The minimum Gasteiger partial charge on any atom is -0.329 e. The number of nitrogens with zero attached hydrogens (tertiary/aromatic N) is 2. The Labute approximate surface area is 91.3 Å². The highest BCUT2D eigenvalue weighted by atomic mass is 15.2. The van der Waals surface area contributed by atoms with Gasteiger partial charge in [-0.3, -0.25) is 9.88 Å². The molecule has 82 valence electrons. The van der Waals surface area contributed by atoms with E-state index in [9.17, 15) is 0 Å². The summed E-state index contributed by atoms with van der Waals surface area (Å²) in [6, 6.07) is 7.02. The standard InChI is InChI=1S/C12H19N3/c1-15(10-5-4-6-10)12(9-13)11-7-2-3-8-14-11/h2-3,7-8,10,12H,4-6,9,13H2,1H3. The summed E-state index contributed by atoms with van der Waals surface area (Å²) in [4.78, 5) is 6.77. The molecule has 0 amide bonds. The smallest absolute Gasteiger partial charge is 0.0644 e. The summed E-state index contributed by atoms with van der Waals surface area (Å²) in [6.45, 7) is 0.643. The summed E-state index contributed by atoms with van der Waals surface area (Å²) in [7, 11) is 2.16. The fraction of sp³-hybridized carbons (Fsp3) is 0.583. The third kappa shape index (κ3) is 2.19. The Morgan fingerprint density at radius 2 is 2.33 bits per heavy atom. The van der Waals surface area contributed by atoms with Crippen molar-refractivity contribution in [1.29, 1.82) is 0 Å². The molecule has 0 aliphatic heterocycles. The maximum absolute atomic E-state index is 5.84. The highest BCUT2D eigenvalue weighted by molar-refractivity contribution is 5.10. The van der Waals surface area contributed by atoms with E-state index in [1.807, 2.05) is 18.3 Å². The minimum atomic E-state index is 0.275. The van der Waals surface area contributed by atoms with E-state index < -0.39 is 0 Å². The third-order valence-electron chi connectivity index (χ3n) is 3.39. The van der Waals surface area contributed by atoms with Crippen LogP contribution in [-0.2, 0) is 0 Å². The molecule has 15 heavy (non-hydrogen) atoms. The van der Waals surface area contributed by atoms with Crippen LogP contribution >= 0.6 is 0 Å². The lowest BCUT2D eigenvalue weighted by Gasteiger charge is -2.39. The van der Waals surface area contributed by atoms with Crippen molar-refractivity contribution in [3.05, 3.63) is 30.1 Å². The molecule has 3 nitrogen and oxygen atoms in total. The van der Waals surface area contributed by atoms with Gasteiger partial charge < -0.3 is 5.73 Å². The predicted molar refractivity (Wildman–Crippen MR) is 61.4 cm³/mol. The Bertz CT molecular complexity index is 295. The maximum Gasteiger partial charge on any atom is 0.0644 e. The Morgan fingerprint density at radius 3 is 2.80 bits per heavy atom. The number of pyridine rings is 1. The van der Waals surface area contributed by atoms with E-state index >= 15 is 0 Å². The van der Waals surface area contributed by atoms with Crippen molar-refractivity contribution in [2.75, 3.05) is 13.6 Å². The van der Waals surface area contributed by atoms with Gasteiger partial charge in [-0.2, -0.15) is 0 Å². The van der Waals surface area contributed by atoms with Crippen molar-refractivity contribution in [1.82, 2.24) is 9.88 Å². The van der Waals surface area contributed by atoms with Crippen LogP contribution in [0.25, 0.3) is 0 Å². The maximum atomic E-state index is 5.84. The Morgan fingerprint density at radius 1 is 1.53 bits per heavy atom. The summed E-state index contributed by atoms with van der Waals surface area (Å²) in [5.41, 5.74) is 6.93. The fourth-order valence-electron chi connectivity index (χ4n) is 2.12. The topological polar surface area (TPSA) is 42.1 Å². The first-order chi connectivity index (χ1) is 7.33. The average molecular weight is 205 g/mol. The minimum absolute atomic E-state index is 0.275. The van der Waals surface area contributed by atoms with Crippen LogP contribution in [0, 0.1) is 0 Å². The van der Waals surface area contributed by atoms with E-state index in [-0.39, 0.29) is 6.04 Å². The second-order valence-corrected chi connectivity index (χ2v) is 4.26. The summed E-state index contributed by atoms with van der Waals surface area (Å²) in [5.74, 6) is 0. The molecule has 1 aromatic rings. The van der Waals surface area contributed by atoms with E-state index in [2.05, 4.69) is 23.0 Å². The molecule has 1 heterocycles. The average Bonchev–Trinajstić information content (AvgIpc) is 2.18. The number of nitrogens with two attached hydrogens (primary N) is 1. The number of hydrogen-bond donors (Lipinski definition) is 1. The van der Waals surface area contributed by atoms with Crippen molar-refractivity contribution in [3.63, 3.8) is 0 Å². The van der Waals surface area contributed by atoms with Crippen LogP contribution in [0.5, 0.6) is 0 Å². The Hall–Kier alpha value is -0.930. The number of rotatable bonds is 4. The van der Waals surface area contributed by atoms with Crippen LogP contribution < -0.4 is 5.73 Å². The van der Waals surface area contributed by atoms with Gasteiger partial charge in [-0.1, -0.05) is 12.5 Å². The van der Waals surface area contributed by atoms with E-state index in [0.717, 1.165) is 5.69 Å². The van der Waals surface area contributed by atoms with Crippen molar-refractivity contribution < 1.29 is 0 Å². The van der Waals surface area contributed by atoms with Crippen LogP contribution in [0.3, 0.4) is 0 Å². The lowest BCUT2D eigenvalue weighted by atomic mass is 9.90. The molecule has 1 saturated carbocycles. The first kappa shape index (κ1) is 10.6. The first-order valence-corrected chi connectivity index (χ1v) is 5.66. The molecule has 0 saturated heterocycles. The van der Waals surface area contributed by atoms with Gasteiger partial charge in [-0.15, -0.1) is 0 Å². The fourth-order valence-corrected chi connectivity index (χ4v) is 2.12. The van der Waals surface area contributed by atoms with Crippen molar-refractivity contribution >= 4 is 0 Å². The molecule has 1 aliphatic carbocycles. The van der Waals surface area contributed by atoms with E-state index in [0.29, 0.717) is 12.6 Å². The molecular weight excluding hydrogens is 186 g/mol. The number of likely N-dealkylation sites (N-methyl/N-ethyl adjacent to an activating group) is 1. The Balaban J connectivity index is 2.09. The van der Waals surface area contributed by atoms with Crippen molar-refractivity contribution in [2.45, 2.75) is 31.3 Å². The Kier molecular flexibility index (Phi) is 3.34. The first-order valence-electron chi connectivity index (χ1n) is 5.66. The zero-order valence-corrected chi connectivity index (χ0v) is 9.26. The van der Waals surface area contributed by atoms with Crippen molar-refractivity contribution in [2.24, 2.45) is 5.73 Å². The van der Waals surface area contributed by atoms with Gasteiger partial charge in [0.15, 0.2) is 0 Å². The van der Waals surface area contributed by atoms with Crippen LogP contribution in [0.1, 0.15) is 31.0 Å². The molecule has 1 unspecified atom stereocenters. The molecule has 0 radical (unpaired) electrons. The van der Waals surface area contributed by atoms with Gasteiger partial charge in [0.25, 0.3) is 0 Å². The molecular formula is C12H19N3. The largest absolute Gasteiger partial charge is 0.329 e. The van der Waals surface area contributed by atoms with Gasteiger partial charge in [0.2, 0.25) is 0 Å². The molecule has 1 atom stereocenters. The molecule has 1 aromatic heterocycles. The molecule has 1 fully saturated rings. The summed E-state index contributed by atoms with van der Waals surface area (Å²) < 4.78 is 0. The van der Waals surface area contributed by atoms with Crippen LogP contribution in [0.4, 0.5) is 0 Å². The zero-order valence-electron chi connectivity index (χ0n) is 9.26. The lowest BCUT2D eigenvalue weighted by molar-refractivity contribution is 0.111. The second kappa shape index (κ2) is 4.73. The van der Waals surface area contributed by atoms with Crippen LogP contribution in [-0.4, -0.2) is 29.5 Å². The third-order valence-corrected chi connectivity index (χ3v) is 3.39. The molecule has 0 spiro atoms. The molecule has 3 heteroatoms. The van der Waals surface area contributed by atoms with Gasteiger partial charge in [0.1, 0.15) is 0 Å². The number of hydrogen-bond acceptors (Lipinski definition) is 3. The zero-order chi connectivity index (χ0) is 10.7. The number of aromatic nitrogens is 1. The predicted octanol–water partition coefficient (Wildman–Crippen LogP) is 1.57. The van der Waals surface area contributed by atoms with Crippen molar-refractivity contribution in [3.8, 4) is 0 Å². The monoisotopic (exact) mass is 205 g/mol.